The van der Waals surface area contributed by atoms with Gasteiger partial charge in [0.05, 0.1) is 5.92 Å². The van der Waals surface area contributed by atoms with Crippen LogP contribution in [0.2, 0.25) is 0 Å². The van der Waals surface area contributed by atoms with E-state index in [1.54, 1.807) is 17.0 Å². The maximum absolute atomic E-state index is 12.1. The predicted molar refractivity (Wildman–Crippen MR) is 73.3 cm³/mol. The fourth-order valence-electron chi connectivity index (χ4n) is 2.01. The zero-order valence-electron chi connectivity index (χ0n) is 10.2. The van der Waals surface area contributed by atoms with Gasteiger partial charge in [-0.15, -0.1) is 0 Å². The maximum atomic E-state index is 12.1. The molecule has 0 radical (unpaired) electrons. The molecular weight excluding hydrogens is 264 g/mol. The smallest absolute Gasteiger partial charge is 0.272 e. The molecule has 1 aromatic rings. The second kappa shape index (κ2) is 5.31. The molecule has 1 aliphatic rings. The second-order valence-corrected chi connectivity index (χ2v) is 4.88. The van der Waals surface area contributed by atoms with Crippen molar-refractivity contribution in [3.05, 3.63) is 29.6 Å². The first kappa shape index (κ1) is 13.4. The first-order chi connectivity index (χ1) is 8.99. The zero-order chi connectivity index (χ0) is 14.0. The summed E-state index contributed by atoms with van der Waals surface area (Å²) in [6, 6.07) is 3.23. The highest BCUT2D eigenvalue weighted by Gasteiger charge is 2.30. The summed E-state index contributed by atoms with van der Waals surface area (Å²) in [6.07, 6.45) is 2.07. The number of amides is 2. The number of pyridine rings is 1. The van der Waals surface area contributed by atoms with E-state index in [9.17, 15) is 9.59 Å². The van der Waals surface area contributed by atoms with Crippen molar-refractivity contribution in [2.24, 2.45) is 17.4 Å². The van der Waals surface area contributed by atoms with Crippen LogP contribution in [0.1, 0.15) is 22.5 Å². The molecule has 1 aliphatic heterocycles. The highest BCUT2D eigenvalue weighted by atomic mass is 32.1. The minimum Gasteiger partial charge on any atom is -0.389 e. The van der Waals surface area contributed by atoms with Crippen molar-refractivity contribution >= 4 is 29.0 Å². The summed E-state index contributed by atoms with van der Waals surface area (Å²) in [7, 11) is 0. The minimum atomic E-state index is -0.368. The molecule has 0 aromatic carbocycles. The highest BCUT2D eigenvalue weighted by molar-refractivity contribution is 7.80. The van der Waals surface area contributed by atoms with Gasteiger partial charge in [0.15, 0.2) is 0 Å². The van der Waals surface area contributed by atoms with Crippen molar-refractivity contribution in [2.45, 2.75) is 6.42 Å². The molecule has 1 fully saturated rings. The van der Waals surface area contributed by atoms with Crippen LogP contribution in [-0.4, -0.2) is 39.8 Å². The summed E-state index contributed by atoms with van der Waals surface area (Å²) in [5, 5.41) is 0. The van der Waals surface area contributed by atoms with Crippen LogP contribution in [0.25, 0.3) is 0 Å². The van der Waals surface area contributed by atoms with E-state index in [4.69, 9.17) is 23.7 Å². The van der Waals surface area contributed by atoms with Gasteiger partial charge >= 0.3 is 0 Å². The number of likely N-dealkylation sites (tertiary alicyclic amines) is 1. The van der Waals surface area contributed by atoms with Crippen molar-refractivity contribution in [1.29, 1.82) is 0 Å². The van der Waals surface area contributed by atoms with Crippen LogP contribution in [0.4, 0.5) is 0 Å². The molecule has 6 nitrogen and oxygen atoms in total. The highest BCUT2D eigenvalue weighted by Crippen LogP contribution is 2.17. The first-order valence-electron chi connectivity index (χ1n) is 5.83. The molecule has 2 amide bonds. The Morgan fingerprint density at radius 2 is 2.11 bits per heavy atom. The van der Waals surface area contributed by atoms with Gasteiger partial charge in [-0.25, -0.2) is 0 Å². The van der Waals surface area contributed by atoms with E-state index < -0.39 is 0 Å². The van der Waals surface area contributed by atoms with Crippen LogP contribution >= 0.6 is 12.2 Å². The summed E-state index contributed by atoms with van der Waals surface area (Å²) in [5.74, 6) is -0.842. The lowest BCUT2D eigenvalue weighted by Gasteiger charge is -2.15. The minimum absolute atomic E-state index is 0.210. The van der Waals surface area contributed by atoms with E-state index in [2.05, 4.69) is 4.98 Å². The fraction of sp³-hybridized carbons (Fsp3) is 0.333. The Kier molecular flexibility index (Phi) is 3.75. The van der Waals surface area contributed by atoms with E-state index in [0.29, 0.717) is 30.8 Å². The summed E-state index contributed by atoms with van der Waals surface area (Å²) in [4.78, 5) is 29.1. The third-order valence-corrected chi connectivity index (χ3v) is 3.38. The van der Waals surface area contributed by atoms with Crippen LogP contribution in [0.5, 0.6) is 0 Å². The largest absolute Gasteiger partial charge is 0.389 e. The molecule has 0 saturated carbocycles. The van der Waals surface area contributed by atoms with Gasteiger partial charge in [-0.1, -0.05) is 12.2 Å². The number of rotatable bonds is 3. The van der Waals surface area contributed by atoms with Gasteiger partial charge in [0.1, 0.15) is 10.7 Å². The van der Waals surface area contributed by atoms with Gasteiger partial charge in [0, 0.05) is 24.8 Å². The molecule has 0 aliphatic carbocycles. The van der Waals surface area contributed by atoms with Gasteiger partial charge < -0.3 is 16.4 Å². The Morgan fingerprint density at radius 1 is 1.37 bits per heavy atom. The second-order valence-electron chi connectivity index (χ2n) is 4.44. The molecule has 2 heterocycles. The van der Waals surface area contributed by atoms with Crippen LogP contribution in [0, 0.1) is 5.92 Å². The number of carbonyl (C=O) groups is 2. The number of nitrogens with zero attached hydrogens (tertiary/aromatic N) is 2. The molecule has 2 rings (SSSR count). The first-order valence-corrected chi connectivity index (χ1v) is 6.24. The van der Waals surface area contributed by atoms with Crippen molar-refractivity contribution < 1.29 is 9.59 Å². The number of hydrogen-bond acceptors (Lipinski definition) is 4. The average Bonchev–Trinajstić information content (AvgIpc) is 2.87. The predicted octanol–water partition coefficient (Wildman–Crippen LogP) is -0.337. The molecule has 1 aromatic heterocycles. The zero-order valence-corrected chi connectivity index (χ0v) is 11.0. The average molecular weight is 278 g/mol. The SMILES string of the molecule is NC(=O)C1CCN(C(=O)c2ccc(C(N)=S)cn2)C1. The maximum Gasteiger partial charge on any atom is 0.272 e. The lowest BCUT2D eigenvalue weighted by atomic mass is 10.1. The van der Waals surface area contributed by atoms with Crippen LogP contribution < -0.4 is 11.5 Å². The van der Waals surface area contributed by atoms with Crippen LogP contribution in [-0.2, 0) is 4.79 Å². The quantitative estimate of drug-likeness (QED) is 0.737. The summed E-state index contributed by atoms with van der Waals surface area (Å²) >= 11 is 4.81. The third-order valence-electron chi connectivity index (χ3n) is 3.14. The number of aromatic nitrogens is 1. The fourth-order valence-corrected chi connectivity index (χ4v) is 2.13. The molecule has 1 unspecified atom stereocenters. The number of hydrogen-bond donors (Lipinski definition) is 2. The Labute approximate surface area is 115 Å². The molecule has 100 valence electrons. The topological polar surface area (TPSA) is 102 Å². The van der Waals surface area contributed by atoms with Gasteiger partial charge in [-0.2, -0.15) is 0 Å². The third kappa shape index (κ3) is 2.87. The van der Waals surface area contributed by atoms with Crippen molar-refractivity contribution in [3.8, 4) is 0 Å². The van der Waals surface area contributed by atoms with Crippen molar-refractivity contribution in [2.75, 3.05) is 13.1 Å². The lowest BCUT2D eigenvalue weighted by molar-refractivity contribution is -0.121. The lowest BCUT2D eigenvalue weighted by Crippen LogP contribution is -2.32. The molecule has 1 saturated heterocycles. The van der Waals surface area contributed by atoms with Gasteiger partial charge in [0.2, 0.25) is 5.91 Å². The van der Waals surface area contributed by atoms with Crippen LogP contribution in [0.3, 0.4) is 0 Å². The van der Waals surface area contributed by atoms with Gasteiger partial charge in [-0.05, 0) is 18.6 Å². The Balaban J connectivity index is 2.08. The summed E-state index contributed by atoms with van der Waals surface area (Å²) < 4.78 is 0. The molecule has 4 N–H and O–H groups in total. The Hall–Kier alpha value is -2.02. The standard InChI is InChI=1S/C12H14N4O2S/c13-10(17)8-3-4-16(6-8)12(18)9-2-1-7(5-15-9)11(14)19/h1-2,5,8H,3-4,6H2,(H2,13,17)(H2,14,19). The molecule has 0 bridgehead atoms. The number of thiocarbonyl (C=S) groups is 1. The van der Waals surface area contributed by atoms with E-state index in [1.807, 2.05) is 0 Å². The molecule has 7 heteroatoms. The van der Waals surface area contributed by atoms with Crippen molar-refractivity contribution in [1.82, 2.24) is 9.88 Å². The van der Waals surface area contributed by atoms with Gasteiger partial charge in [-0.3, -0.25) is 14.6 Å². The van der Waals surface area contributed by atoms with E-state index in [-0.39, 0.29) is 22.7 Å². The summed E-state index contributed by atoms with van der Waals surface area (Å²) in [5.41, 5.74) is 11.6. The Morgan fingerprint density at radius 3 is 2.58 bits per heavy atom. The van der Waals surface area contributed by atoms with E-state index in [1.165, 1.54) is 6.20 Å². The van der Waals surface area contributed by atoms with Crippen LogP contribution in [0.15, 0.2) is 18.3 Å². The van der Waals surface area contributed by atoms with E-state index >= 15 is 0 Å². The molecular formula is C12H14N4O2S. The van der Waals surface area contributed by atoms with E-state index in [0.717, 1.165) is 0 Å². The van der Waals surface area contributed by atoms with Gasteiger partial charge in [0.25, 0.3) is 5.91 Å². The Bertz CT molecular complexity index is 529. The number of carbonyl (C=O) groups excluding carboxylic acids is 2. The number of primary amides is 1. The summed E-state index contributed by atoms with van der Waals surface area (Å²) in [6.45, 7) is 0.873. The normalized spacial score (nSPS) is 18.3. The number of nitrogens with two attached hydrogens (primary N) is 2. The molecule has 1 atom stereocenters. The molecule has 19 heavy (non-hydrogen) atoms. The van der Waals surface area contributed by atoms with Crippen molar-refractivity contribution in [3.63, 3.8) is 0 Å². The molecule has 0 spiro atoms. The monoisotopic (exact) mass is 278 g/mol.